The van der Waals surface area contributed by atoms with Gasteiger partial charge >= 0.3 is 0 Å². The van der Waals surface area contributed by atoms with Crippen LogP contribution in [-0.4, -0.2) is 29.9 Å². The number of carbonyl (C=O) groups excluding carboxylic acids is 2. The van der Waals surface area contributed by atoms with Crippen LogP contribution < -0.4 is 10.6 Å². The Kier molecular flexibility index (Phi) is 6.87. The predicted octanol–water partition coefficient (Wildman–Crippen LogP) is 2.08. The van der Waals surface area contributed by atoms with Gasteiger partial charge in [-0.15, -0.1) is 0 Å². The number of aromatic nitrogens is 1. The molecule has 2 amide bonds. The molecule has 1 aromatic rings. The minimum absolute atomic E-state index is 0.229. The minimum Gasteiger partial charge on any atom is -0.351 e. The van der Waals surface area contributed by atoms with E-state index in [-0.39, 0.29) is 23.2 Å². The largest absolute Gasteiger partial charge is 0.351 e. The van der Waals surface area contributed by atoms with Crippen LogP contribution in [0.3, 0.4) is 0 Å². The topological polar surface area (TPSA) is 71.1 Å². The van der Waals surface area contributed by atoms with Crippen LogP contribution in [0.1, 0.15) is 41.2 Å². The van der Waals surface area contributed by atoms with Crippen molar-refractivity contribution in [2.75, 3.05) is 13.1 Å². The van der Waals surface area contributed by atoms with E-state index < -0.39 is 0 Å². The third-order valence-corrected chi connectivity index (χ3v) is 2.84. The number of carbonyl (C=O) groups is 2. The second-order valence-electron chi connectivity index (χ2n) is 4.36. The van der Waals surface area contributed by atoms with E-state index in [1.54, 1.807) is 24.3 Å². The third-order valence-electron chi connectivity index (χ3n) is 2.84. The summed E-state index contributed by atoms with van der Waals surface area (Å²) in [6.07, 6.45) is 4.40. The molecule has 0 aliphatic carbocycles. The zero-order chi connectivity index (χ0) is 15.7. The summed E-state index contributed by atoms with van der Waals surface area (Å²) in [6.45, 7) is 8.43. The zero-order valence-corrected chi connectivity index (χ0v) is 12.5. The fraction of sp³-hybridized carbons (Fsp3) is 0.312. The number of nitrogens with zero attached hydrogens (tertiary/aromatic N) is 1. The summed E-state index contributed by atoms with van der Waals surface area (Å²) in [6, 6.07) is 4.81. The van der Waals surface area contributed by atoms with Crippen molar-refractivity contribution in [1.82, 2.24) is 15.6 Å². The highest BCUT2D eigenvalue weighted by atomic mass is 16.2. The lowest BCUT2D eigenvalue weighted by Crippen LogP contribution is -2.28. The van der Waals surface area contributed by atoms with Crippen molar-refractivity contribution in [2.24, 2.45) is 0 Å². The fourth-order valence-electron chi connectivity index (χ4n) is 1.69. The Bertz CT molecular complexity index is 550. The Balaban J connectivity index is 2.74. The average Bonchev–Trinajstić information content (AvgIpc) is 2.51. The fourth-order valence-corrected chi connectivity index (χ4v) is 1.69. The molecule has 0 unspecified atom stereocenters. The molecule has 0 fully saturated rings. The first-order valence-electron chi connectivity index (χ1n) is 6.96. The van der Waals surface area contributed by atoms with Crippen molar-refractivity contribution in [3.05, 3.63) is 53.9 Å². The van der Waals surface area contributed by atoms with Gasteiger partial charge < -0.3 is 10.6 Å². The van der Waals surface area contributed by atoms with Gasteiger partial charge in [0.15, 0.2) is 0 Å². The molecule has 1 aromatic heterocycles. The summed E-state index contributed by atoms with van der Waals surface area (Å²) in [7, 11) is 0. The van der Waals surface area contributed by atoms with Gasteiger partial charge in [-0.2, -0.15) is 0 Å². The van der Waals surface area contributed by atoms with Crippen LogP contribution in [-0.2, 0) is 0 Å². The maximum Gasteiger partial charge on any atom is 0.270 e. The lowest BCUT2D eigenvalue weighted by atomic mass is 10.2. The molecule has 0 aromatic carbocycles. The maximum absolute atomic E-state index is 12.0. The van der Waals surface area contributed by atoms with E-state index >= 15 is 0 Å². The number of hydrogen-bond donors (Lipinski definition) is 2. The molecule has 0 radical (unpaired) electrons. The van der Waals surface area contributed by atoms with Crippen LogP contribution in [0.25, 0.3) is 0 Å². The van der Waals surface area contributed by atoms with Crippen LogP contribution in [0, 0.1) is 0 Å². The van der Waals surface area contributed by atoms with Gasteiger partial charge in [-0.1, -0.05) is 37.3 Å². The first-order chi connectivity index (χ1) is 10.1. The SMILES string of the molecule is C=C/C=C(\CC)CNC(=O)c1cccc(C(=O)NCC)n1. The molecule has 21 heavy (non-hydrogen) atoms. The molecule has 0 saturated carbocycles. The van der Waals surface area contributed by atoms with Crippen molar-refractivity contribution in [2.45, 2.75) is 20.3 Å². The van der Waals surface area contributed by atoms with Crippen LogP contribution in [0.5, 0.6) is 0 Å². The summed E-state index contributed by atoms with van der Waals surface area (Å²) in [4.78, 5) is 27.8. The molecule has 0 spiro atoms. The van der Waals surface area contributed by atoms with Gasteiger partial charge in [-0.3, -0.25) is 9.59 Å². The molecular weight excluding hydrogens is 266 g/mol. The van der Waals surface area contributed by atoms with Gasteiger partial charge in [-0.05, 0) is 25.5 Å². The van der Waals surface area contributed by atoms with Gasteiger partial charge in [-0.25, -0.2) is 4.98 Å². The Morgan fingerprint density at radius 2 is 1.81 bits per heavy atom. The summed E-state index contributed by atoms with van der Waals surface area (Å²) in [5.41, 5.74) is 1.54. The highest BCUT2D eigenvalue weighted by molar-refractivity contribution is 5.96. The second-order valence-corrected chi connectivity index (χ2v) is 4.36. The molecule has 0 bridgehead atoms. The van der Waals surface area contributed by atoms with Gasteiger partial charge in [0, 0.05) is 13.1 Å². The molecule has 0 aliphatic heterocycles. The summed E-state index contributed by atoms with van der Waals surface area (Å²) in [5, 5.41) is 5.43. The second kappa shape index (κ2) is 8.68. The number of nitrogens with one attached hydrogen (secondary N) is 2. The van der Waals surface area contributed by atoms with E-state index in [9.17, 15) is 9.59 Å². The molecule has 0 aliphatic rings. The van der Waals surface area contributed by atoms with Gasteiger partial charge in [0.05, 0.1) is 0 Å². The third kappa shape index (κ3) is 5.22. The van der Waals surface area contributed by atoms with Crippen molar-refractivity contribution < 1.29 is 9.59 Å². The Morgan fingerprint density at radius 1 is 1.19 bits per heavy atom. The van der Waals surface area contributed by atoms with Crippen molar-refractivity contribution in [3.8, 4) is 0 Å². The normalized spacial score (nSPS) is 10.9. The van der Waals surface area contributed by atoms with Crippen LogP contribution >= 0.6 is 0 Å². The molecular formula is C16H21N3O2. The number of pyridine rings is 1. The number of amides is 2. The Hall–Kier alpha value is -2.43. The quantitative estimate of drug-likeness (QED) is 0.754. The molecule has 5 nitrogen and oxygen atoms in total. The summed E-state index contributed by atoms with van der Waals surface area (Å²) < 4.78 is 0. The molecule has 5 heteroatoms. The van der Waals surface area contributed by atoms with Crippen molar-refractivity contribution >= 4 is 11.8 Å². The van der Waals surface area contributed by atoms with Crippen molar-refractivity contribution in [1.29, 1.82) is 0 Å². The number of hydrogen-bond acceptors (Lipinski definition) is 3. The van der Waals surface area contributed by atoms with E-state index in [0.29, 0.717) is 13.1 Å². The summed E-state index contributed by atoms with van der Waals surface area (Å²) in [5.74, 6) is -0.586. The predicted molar refractivity (Wildman–Crippen MR) is 83.1 cm³/mol. The molecule has 2 N–H and O–H groups in total. The van der Waals surface area contributed by atoms with Gasteiger partial charge in [0.2, 0.25) is 0 Å². The first kappa shape index (κ1) is 16.6. The number of allylic oxidation sites excluding steroid dienone is 2. The van der Waals surface area contributed by atoms with Crippen LogP contribution in [0.4, 0.5) is 0 Å². The molecule has 112 valence electrons. The van der Waals surface area contributed by atoms with E-state index in [2.05, 4.69) is 22.2 Å². The van der Waals surface area contributed by atoms with Crippen LogP contribution in [0.2, 0.25) is 0 Å². The first-order valence-corrected chi connectivity index (χ1v) is 6.96. The smallest absolute Gasteiger partial charge is 0.270 e. The zero-order valence-electron chi connectivity index (χ0n) is 12.5. The molecule has 1 heterocycles. The van der Waals surface area contributed by atoms with E-state index in [4.69, 9.17) is 0 Å². The van der Waals surface area contributed by atoms with Crippen LogP contribution in [0.15, 0.2) is 42.5 Å². The molecule has 0 saturated heterocycles. The number of rotatable bonds is 7. The molecule has 0 atom stereocenters. The van der Waals surface area contributed by atoms with E-state index in [1.165, 1.54) is 0 Å². The minimum atomic E-state index is -0.301. The van der Waals surface area contributed by atoms with Gasteiger partial charge in [0.1, 0.15) is 11.4 Å². The lowest BCUT2D eigenvalue weighted by molar-refractivity contribution is 0.0947. The average molecular weight is 287 g/mol. The monoisotopic (exact) mass is 287 g/mol. The highest BCUT2D eigenvalue weighted by Gasteiger charge is 2.11. The Labute approximate surface area is 125 Å². The maximum atomic E-state index is 12.0. The standard InChI is InChI=1S/C16H21N3O2/c1-4-8-12(5-2)11-18-16(21)14-10-7-9-13(19-14)15(20)17-6-3/h4,7-10H,1,5-6,11H2,2-3H3,(H,17,20)(H,18,21)/b12-8+. The lowest BCUT2D eigenvalue weighted by Gasteiger charge is -2.08. The van der Waals surface area contributed by atoms with Gasteiger partial charge in [0.25, 0.3) is 11.8 Å². The van der Waals surface area contributed by atoms with E-state index in [1.807, 2.05) is 19.9 Å². The van der Waals surface area contributed by atoms with E-state index in [0.717, 1.165) is 12.0 Å². The highest BCUT2D eigenvalue weighted by Crippen LogP contribution is 2.02. The Morgan fingerprint density at radius 3 is 2.33 bits per heavy atom. The summed E-state index contributed by atoms with van der Waals surface area (Å²) >= 11 is 0. The van der Waals surface area contributed by atoms with Crippen molar-refractivity contribution in [3.63, 3.8) is 0 Å². The molecule has 1 rings (SSSR count).